The smallest absolute Gasteiger partial charge is 0.253 e. The Morgan fingerprint density at radius 1 is 1.38 bits per heavy atom. The third-order valence-corrected chi connectivity index (χ3v) is 3.59. The number of hydrogen-bond donors (Lipinski definition) is 2. The molecule has 6 nitrogen and oxygen atoms in total. The molecule has 2 N–H and O–H groups in total. The van der Waals surface area contributed by atoms with E-state index in [1.807, 2.05) is 6.92 Å². The highest BCUT2D eigenvalue weighted by Crippen LogP contribution is 2.07. The molecule has 21 heavy (non-hydrogen) atoms. The highest BCUT2D eigenvalue weighted by Gasteiger charge is 2.13. The molecule has 0 unspecified atom stereocenters. The second kappa shape index (κ2) is 8.05. The standard InChI is InChI=1S/C15H24N4O2/c1-11-10-14(12(2)19-18-11)15(20)17-6-3-9-21-13-4-7-16-8-5-13/h10,13,16H,3-9H2,1-2H3,(H,17,20). The van der Waals surface area contributed by atoms with Crippen molar-refractivity contribution in [3.63, 3.8) is 0 Å². The van der Waals surface area contributed by atoms with Gasteiger partial charge in [0.15, 0.2) is 0 Å². The average molecular weight is 292 g/mol. The zero-order valence-electron chi connectivity index (χ0n) is 12.8. The lowest BCUT2D eigenvalue weighted by atomic mass is 10.1. The molecule has 0 saturated carbocycles. The molecular weight excluding hydrogens is 268 g/mol. The molecule has 1 aromatic heterocycles. The number of hydrogen-bond acceptors (Lipinski definition) is 5. The molecule has 1 aliphatic rings. The number of aryl methyl sites for hydroxylation is 2. The fourth-order valence-corrected chi connectivity index (χ4v) is 2.36. The zero-order chi connectivity index (χ0) is 15.1. The number of aromatic nitrogens is 2. The van der Waals surface area contributed by atoms with Gasteiger partial charge in [0.25, 0.3) is 5.91 Å². The van der Waals surface area contributed by atoms with Crippen LogP contribution in [0.25, 0.3) is 0 Å². The van der Waals surface area contributed by atoms with Crippen LogP contribution in [0.3, 0.4) is 0 Å². The van der Waals surface area contributed by atoms with Crippen molar-refractivity contribution in [2.45, 2.75) is 39.2 Å². The lowest BCUT2D eigenvalue weighted by molar-refractivity contribution is 0.0318. The van der Waals surface area contributed by atoms with E-state index in [0.717, 1.165) is 38.0 Å². The van der Waals surface area contributed by atoms with E-state index in [0.29, 0.717) is 30.5 Å². The number of piperidine rings is 1. The van der Waals surface area contributed by atoms with Gasteiger partial charge in [-0.25, -0.2) is 0 Å². The Hall–Kier alpha value is -1.53. The van der Waals surface area contributed by atoms with Gasteiger partial charge in [-0.15, -0.1) is 0 Å². The number of nitrogens with zero attached hydrogens (tertiary/aromatic N) is 2. The molecule has 1 saturated heterocycles. The molecule has 0 radical (unpaired) electrons. The molecule has 2 heterocycles. The van der Waals surface area contributed by atoms with Crippen molar-refractivity contribution >= 4 is 5.91 Å². The summed E-state index contributed by atoms with van der Waals surface area (Å²) in [4.78, 5) is 12.1. The fraction of sp³-hybridized carbons (Fsp3) is 0.667. The molecule has 0 aromatic carbocycles. The second-order valence-corrected chi connectivity index (χ2v) is 5.41. The number of amides is 1. The third-order valence-electron chi connectivity index (χ3n) is 3.59. The van der Waals surface area contributed by atoms with Crippen LogP contribution in [-0.4, -0.2) is 48.4 Å². The van der Waals surface area contributed by atoms with Crippen molar-refractivity contribution in [1.82, 2.24) is 20.8 Å². The zero-order valence-corrected chi connectivity index (χ0v) is 12.8. The van der Waals surface area contributed by atoms with Crippen molar-refractivity contribution in [1.29, 1.82) is 0 Å². The number of nitrogens with one attached hydrogen (secondary N) is 2. The average Bonchev–Trinajstić information content (AvgIpc) is 2.50. The first kappa shape index (κ1) is 15.9. The highest BCUT2D eigenvalue weighted by atomic mass is 16.5. The normalized spacial score (nSPS) is 15.9. The molecule has 0 atom stereocenters. The van der Waals surface area contributed by atoms with Gasteiger partial charge in [0.2, 0.25) is 0 Å². The van der Waals surface area contributed by atoms with Crippen LogP contribution in [0.1, 0.15) is 41.0 Å². The Labute approximate surface area is 125 Å². The molecule has 1 aliphatic heterocycles. The van der Waals surface area contributed by atoms with Gasteiger partial charge in [-0.3, -0.25) is 4.79 Å². The maximum absolute atomic E-state index is 12.1. The maximum Gasteiger partial charge on any atom is 0.253 e. The molecule has 0 bridgehead atoms. The predicted molar refractivity (Wildman–Crippen MR) is 80.3 cm³/mol. The molecule has 1 aromatic rings. The second-order valence-electron chi connectivity index (χ2n) is 5.41. The van der Waals surface area contributed by atoms with Crippen molar-refractivity contribution < 1.29 is 9.53 Å². The van der Waals surface area contributed by atoms with E-state index >= 15 is 0 Å². The highest BCUT2D eigenvalue weighted by molar-refractivity contribution is 5.95. The number of rotatable bonds is 6. The van der Waals surface area contributed by atoms with E-state index in [1.165, 1.54) is 0 Å². The SMILES string of the molecule is Cc1cc(C(=O)NCCCOC2CCNCC2)c(C)nn1. The Morgan fingerprint density at radius 3 is 2.90 bits per heavy atom. The van der Waals surface area contributed by atoms with E-state index in [-0.39, 0.29) is 5.91 Å². The van der Waals surface area contributed by atoms with Gasteiger partial charge in [-0.2, -0.15) is 10.2 Å². The summed E-state index contributed by atoms with van der Waals surface area (Å²) < 4.78 is 5.80. The minimum absolute atomic E-state index is 0.0904. The van der Waals surface area contributed by atoms with E-state index < -0.39 is 0 Å². The molecule has 0 spiro atoms. The van der Waals surface area contributed by atoms with E-state index in [4.69, 9.17) is 4.74 Å². The summed E-state index contributed by atoms with van der Waals surface area (Å²) in [5.41, 5.74) is 2.01. The van der Waals surface area contributed by atoms with Crippen LogP contribution in [0.4, 0.5) is 0 Å². The summed E-state index contributed by atoms with van der Waals surface area (Å²) in [6.45, 7) is 7.00. The Balaban J connectivity index is 1.66. The predicted octanol–water partition coefficient (Wildman–Crippen LogP) is 0.982. The molecule has 2 rings (SSSR count). The van der Waals surface area contributed by atoms with Gasteiger partial charge >= 0.3 is 0 Å². The van der Waals surface area contributed by atoms with Crippen molar-refractivity contribution in [2.24, 2.45) is 0 Å². The number of ether oxygens (including phenoxy) is 1. The van der Waals surface area contributed by atoms with E-state index in [9.17, 15) is 4.79 Å². The molecule has 0 aliphatic carbocycles. The quantitative estimate of drug-likeness (QED) is 0.765. The van der Waals surface area contributed by atoms with Crippen LogP contribution in [0, 0.1) is 13.8 Å². The molecule has 1 amide bonds. The lowest BCUT2D eigenvalue weighted by Gasteiger charge is -2.22. The van der Waals surface area contributed by atoms with Crippen molar-refractivity contribution in [2.75, 3.05) is 26.2 Å². The Kier molecular flexibility index (Phi) is 6.07. The monoisotopic (exact) mass is 292 g/mol. The topological polar surface area (TPSA) is 76.1 Å². The minimum Gasteiger partial charge on any atom is -0.378 e. The fourth-order valence-electron chi connectivity index (χ4n) is 2.36. The third kappa shape index (κ3) is 5.06. The Bertz CT molecular complexity index is 473. The van der Waals surface area contributed by atoms with Gasteiger partial charge in [-0.05, 0) is 52.3 Å². The number of carbonyl (C=O) groups excluding carboxylic acids is 1. The van der Waals surface area contributed by atoms with Crippen molar-refractivity contribution in [3.05, 3.63) is 23.0 Å². The first-order valence-corrected chi connectivity index (χ1v) is 7.58. The van der Waals surface area contributed by atoms with Crippen LogP contribution in [0.15, 0.2) is 6.07 Å². The lowest BCUT2D eigenvalue weighted by Crippen LogP contribution is -2.33. The van der Waals surface area contributed by atoms with E-state index in [2.05, 4.69) is 20.8 Å². The Morgan fingerprint density at radius 2 is 2.14 bits per heavy atom. The summed E-state index contributed by atoms with van der Waals surface area (Å²) in [6.07, 6.45) is 3.35. The van der Waals surface area contributed by atoms with Gasteiger partial charge in [0, 0.05) is 13.2 Å². The van der Waals surface area contributed by atoms with Crippen LogP contribution >= 0.6 is 0 Å². The largest absolute Gasteiger partial charge is 0.378 e. The summed E-state index contributed by atoms with van der Waals surface area (Å²) in [6, 6.07) is 1.77. The van der Waals surface area contributed by atoms with Gasteiger partial charge in [-0.1, -0.05) is 0 Å². The first-order chi connectivity index (χ1) is 10.2. The first-order valence-electron chi connectivity index (χ1n) is 7.58. The summed E-state index contributed by atoms with van der Waals surface area (Å²) in [7, 11) is 0. The van der Waals surface area contributed by atoms with Crippen LogP contribution in [0.5, 0.6) is 0 Å². The van der Waals surface area contributed by atoms with Crippen LogP contribution in [0.2, 0.25) is 0 Å². The molecular formula is C15H24N4O2. The molecule has 6 heteroatoms. The number of carbonyl (C=O) groups is 1. The van der Waals surface area contributed by atoms with E-state index in [1.54, 1.807) is 13.0 Å². The summed E-state index contributed by atoms with van der Waals surface area (Å²) in [5.74, 6) is -0.0904. The van der Waals surface area contributed by atoms with Gasteiger partial charge in [0.1, 0.15) is 0 Å². The molecule has 1 fully saturated rings. The summed E-state index contributed by atoms with van der Waals surface area (Å²) >= 11 is 0. The maximum atomic E-state index is 12.1. The van der Waals surface area contributed by atoms with Crippen molar-refractivity contribution in [3.8, 4) is 0 Å². The van der Waals surface area contributed by atoms with Crippen LogP contribution in [-0.2, 0) is 4.74 Å². The van der Waals surface area contributed by atoms with Gasteiger partial charge in [0.05, 0.1) is 23.1 Å². The summed E-state index contributed by atoms with van der Waals surface area (Å²) in [5, 5.41) is 14.1. The van der Waals surface area contributed by atoms with Crippen LogP contribution < -0.4 is 10.6 Å². The van der Waals surface area contributed by atoms with Gasteiger partial charge < -0.3 is 15.4 Å². The molecule has 116 valence electrons. The minimum atomic E-state index is -0.0904.